The van der Waals surface area contributed by atoms with E-state index in [9.17, 15) is 0 Å². The molecule has 1 aliphatic rings. The van der Waals surface area contributed by atoms with Crippen molar-refractivity contribution >= 4 is 22.9 Å². The maximum absolute atomic E-state index is 6.05. The molecular formula is C18H12O. The van der Waals surface area contributed by atoms with E-state index in [1.165, 1.54) is 10.8 Å². The lowest BCUT2D eigenvalue weighted by Gasteiger charge is -2.10. The summed E-state index contributed by atoms with van der Waals surface area (Å²) in [5.41, 5.74) is 2.26. The summed E-state index contributed by atoms with van der Waals surface area (Å²) in [5, 5.41) is 2.46. The first kappa shape index (κ1) is 10.4. The van der Waals surface area contributed by atoms with Gasteiger partial charge in [0.15, 0.2) is 0 Å². The summed E-state index contributed by atoms with van der Waals surface area (Å²) in [7, 11) is 0. The van der Waals surface area contributed by atoms with Gasteiger partial charge in [-0.1, -0.05) is 54.6 Å². The molecule has 3 aromatic rings. The van der Waals surface area contributed by atoms with Crippen molar-refractivity contribution in [3.8, 4) is 11.5 Å². The Hall–Kier alpha value is -2.54. The van der Waals surface area contributed by atoms with Gasteiger partial charge in [-0.15, -0.1) is 0 Å². The SMILES string of the molecule is C1=Cc2c(ccc3ccccc23)Oc2ccccc21. The van der Waals surface area contributed by atoms with Crippen LogP contribution in [-0.2, 0) is 0 Å². The first-order chi connectivity index (χ1) is 9.42. The van der Waals surface area contributed by atoms with Crippen LogP contribution in [0.3, 0.4) is 0 Å². The highest BCUT2D eigenvalue weighted by atomic mass is 16.5. The summed E-state index contributed by atoms with van der Waals surface area (Å²) in [6, 6.07) is 20.6. The van der Waals surface area contributed by atoms with Crippen molar-refractivity contribution in [3.05, 3.63) is 71.8 Å². The predicted octanol–water partition coefficient (Wildman–Crippen LogP) is 5.12. The first-order valence-electron chi connectivity index (χ1n) is 6.38. The summed E-state index contributed by atoms with van der Waals surface area (Å²) in [6.45, 7) is 0. The van der Waals surface area contributed by atoms with Crippen molar-refractivity contribution < 1.29 is 4.74 Å². The topological polar surface area (TPSA) is 9.23 Å². The van der Waals surface area contributed by atoms with E-state index in [1.807, 2.05) is 24.3 Å². The van der Waals surface area contributed by atoms with Crippen molar-refractivity contribution in [2.24, 2.45) is 0 Å². The number of benzene rings is 3. The van der Waals surface area contributed by atoms with Crippen molar-refractivity contribution in [1.29, 1.82) is 0 Å². The molecule has 90 valence electrons. The summed E-state index contributed by atoms with van der Waals surface area (Å²) in [4.78, 5) is 0. The van der Waals surface area contributed by atoms with Crippen LogP contribution in [0.25, 0.3) is 22.9 Å². The zero-order chi connectivity index (χ0) is 12.7. The van der Waals surface area contributed by atoms with Crippen LogP contribution in [0.2, 0.25) is 0 Å². The third-order valence-corrected chi connectivity index (χ3v) is 3.50. The van der Waals surface area contributed by atoms with Gasteiger partial charge in [-0.25, -0.2) is 0 Å². The van der Waals surface area contributed by atoms with Crippen molar-refractivity contribution in [2.45, 2.75) is 0 Å². The predicted molar refractivity (Wildman–Crippen MR) is 79.4 cm³/mol. The van der Waals surface area contributed by atoms with Gasteiger partial charge in [-0.3, -0.25) is 0 Å². The van der Waals surface area contributed by atoms with Crippen LogP contribution < -0.4 is 4.74 Å². The normalized spacial score (nSPS) is 12.4. The lowest BCUT2D eigenvalue weighted by Crippen LogP contribution is -1.88. The lowest BCUT2D eigenvalue weighted by molar-refractivity contribution is 0.482. The van der Waals surface area contributed by atoms with E-state index in [0.717, 1.165) is 22.6 Å². The number of rotatable bonds is 0. The minimum Gasteiger partial charge on any atom is -0.456 e. The molecule has 0 radical (unpaired) electrons. The first-order valence-corrected chi connectivity index (χ1v) is 6.38. The summed E-state index contributed by atoms with van der Waals surface area (Å²) in [5.74, 6) is 1.83. The zero-order valence-corrected chi connectivity index (χ0v) is 10.3. The molecular weight excluding hydrogens is 232 g/mol. The molecule has 19 heavy (non-hydrogen) atoms. The van der Waals surface area contributed by atoms with Crippen LogP contribution in [-0.4, -0.2) is 0 Å². The van der Waals surface area contributed by atoms with Crippen LogP contribution in [0, 0.1) is 0 Å². The molecule has 0 amide bonds. The van der Waals surface area contributed by atoms with Gasteiger partial charge in [0.1, 0.15) is 11.5 Å². The second-order valence-corrected chi connectivity index (χ2v) is 4.67. The molecule has 3 aromatic carbocycles. The molecule has 1 aliphatic heterocycles. The largest absolute Gasteiger partial charge is 0.456 e. The van der Waals surface area contributed by atoms with Gasteiger partial charge in [0, 0.05) is 11.1 Å². The molecule has 0 bridgehead atoms. The molecule has 1 heterocycles. The standard InChI is InChI=1S/C18H12O/c1-3-7-15-13(5-1)10-12-18-16(15)11-9-14-6-2-4-8-17(14)19-18/h1-12H. The average molecular weight is 244 g/mol. The Morgan fingerprint density at radius 1 is 0.632 bits per heavy atom. The molecule has 0 fully saturated rings. The van der Waals surface area contributed by atoms with E-state index in [1.54, 1.807) is 0 Å². The summed E-state index contributed by atoms with van der Waals surface area (Å²) >= 11 is 0. The third-order valence-electron chi connectivity index (χ3n) is 3.50. The minimum atomic E-state index is 0.910. The Kier molecular flexibility index (Phi) is 2.18. The maximum Gasteiger partial charge on any atom is 0.135 e. The van der Waals surface area contributed by atoms with Gasteiger partial charge in [0.2, 0.25) is 0 Å². The molecule has 4 rings (SSSR count). The molecule has 1 nitrogen and oxygen atoms in total. The van der Waals surface area contributed by atoms with E-state index in [0.29, 0.717) is 0 Å². The highest BCUT2D eigenvalue weighted by Crippen LogP contribution is 2.37. The third kappa shape index (κ3) is 1.63. The van der Waals surface area contributed by atoms with E-state index in [2.05, 4.69) is 48.6 Å². The Morgan fingerprint density at radius 3 is 2.47 bits per heavy atom. The Bertz CT molecular complexity index is 800. The van der Waals surface area contributed by atoms with Crippen molar-refractivity contribution in [1.82, 2.24) is 0 Å². The number of fused-ring (bicyclic) bond motifs is 4. The molecule has 0 N–H and O–H groups in total. The molecule has 0 unspecified atom stereocenters. The van der Waals surface area contributed by atoms with E-state index in [-0.39, 0.29) is 0 Å². The van der Waals surface area contributed by atoms with Crippen LogP contribution >= 0.6 is 0 Å². The Labute approximate surface area is 111 Å². The molecule has 0 aliphatic carbocycles. The Morgan fingerprint density at radius 2 is 1.47 bits per heavy atom. The number of ether oxygens (including phenoxy) is 1. The molecule has 0 saturated heterocycles. The van der Waals surface area contributed by atoms with Crippen LogP contribution in [0.1, 0.15) is 11.1 Å². The maximum atomic E-state index is 6.05. The summed E-state index contributed by atoms with van der Waals surface area (Å²) < 4.78 is 6.05. The quantitative estimate of drug-likeness (QED) is 0.417. The fraction of sp³-hybridized carbons (Fsp3) is 0. The zero-order valence-electron chi connectivity index (χ0n) is 10.3. The van der Waals surface area contributed by atoms with E-state index < -0.39 is 0 Å². The summed E-state index contributed by atoms with van der Waals surface area (Å²) in [6.07, 6.45) is 4.26. The van der Waals surface area contributed by atoms with Gasteiger partial charge in [0.05, 0.1) is 0 Å². The minimum absolute atomic E-state index is 0.910. The number of hydrogen-bond acceptors (Lipinski definition) is 1. The number of para-hydroxylation sites is 1. The fourth-order valence-corrected chi connectivity index (χ4v) is 2.54. The van der Waals surface area contributed by atoms with Gasteiger partial charge < -0.3 is 4.74 Å². The highest BCUT2D eigenvalue weighted by molar-refractivity contribution is 5.96. The van der Waals surface area contributed by atoms with E-state index >= 15 is 0 Å². The van der Waals surface area contributed by atoms with Crippen molar-refractivity contribution in [2.75, 3.05) is 0 Å². The fourth-order valence-electron chi connectivity index (χ4n) is 2.54. The van der Waals surface area contributed by atoms with Gasteiger partial charge >= 0.3 is 0 Å². The van der Waals surface area contributed by atoms with Crippen LogP contribution in [0.15, 0.2) is 60.7 Å². The van der Waals surface area contributed by atoms with Crippen molar-refractivity contribution in [3.63, 3.8) is 0 Å². The van der Waals surface area contributed by atoms with E-state index in [4.69, 9.17) is 4.74 Å². The lowest BCUT2D eigenvalue weighted by atomic mass is 10.0. The Balaban J connectivity index is 2.01. The number of hydrogen-bond donors (Lipinski definition) is 0. The molecule has 0 spiro atoms. The van der Waals surface area contributed by atoms with Gasteiger partial charge in [0.25, 0.3) is 0 Å². The smallest absolute Gasteiger partial charge is 0.135 e. The highest BCUT2D eigenvalue weighted by Gasteiger charge is 2.12. The van der Waals surface area contributed by atoms with Crippen LogP contribution in [0.5, 0.6) is 11.5 Å². The van der Waals surface area contributed by atoms with Crippen LogP contribution in [0.4, 0.5) is 0 Å². The molecule has 1 heteroatoms. The molecule has 0 saturated carbocycles. The molecule has 0 atom stereocenters. The van der Waals surface area contributed by atoms with Gasteiger partial charge in [-0.05, 0) is 29.0 Å². The second kappa shape index (κ2) is 3.99. The van der Waals surface area contributed by atoms with Gasteiger partial charge in [-0.2, -0.15) is 0 Å². The monoisotopic (exact) mass is 244 g/mol. The molecule has 0 aromatic heterocycles. The average Bonchev–Trinajstić information content (AvgIpc) is 2.66. The second-order valence-electron chi connectivity index (χ2n) is 4.67.